The molecule has 0 saturated carbocycles. The fourth-order valence-corrected chi connectivity index (χ4v) is 2.78. The van der Waals surface area contributed by atoms with Crippen LogP contribution < -0.4 is 14.8 Å². The van der Waals surface area contributed by atoms with Crippen LogP contribution in [-0.4, -0.2) is 38.0 Å². The Morgan fingerprint density at radius 1 is 1.21 bits per heavy atom. The van der Waals surface area contributed by atoms with Gasteiger partial charge in [0.25, 0.3) is 5.91 Å². The third-order valence-corrected chi connectivity index (χ3v) is 4.22. The molecule has 0 spiro atoms. The minimum absolute atomic E-state index is 0.110. The predicted molar refractivity (Wildman–Crippen MR) is 109 cm³/mol. The van der Waals surface area contributed by atoms with E-state index in [2.05, 4.69) is 10.3 Å². The largest absolute Gasteiger partial charge is 0.493 e. The maximum Gasteiger partial charge on any atom is 0.363 e. The van der Waals surface area contributed by atoms with Gasteiger partial charge in [-0.2, -0.15) is 0 Å². The molecule has 1 aliphatic heterocycles. The molecule has 1 N–H and O–H groups in total. The standard InChI is InChI=1S/C22H22N2O5/c1-4-23-20(25)13-28-18-10-9-15(12-19(18)27-3)11-17-22(26)29-21(24-17)16-8-6-5-7-14(16)2/h5-12H,4,13H2,1-3H3,(H,23,25). The molecule has 0 atom stereocenters. The minimum atomic E-state index is -0.515. The summed E-state index contributed by atoms with van der Waals surface area (Å²) in [5, 5.41) is 2.66. The molecule has 0 saturated heterocycles. The number of carbonyl (C=O) groups is 2. The highest BCUT2D eigenvalue weighted by Crippen LogP contribution is 2.30. The van der Waals surface area contributed by atoms with Gasteiger partial charge in [0.2, 0.25) is 5.90 Å². The number of benzene rings is 2. The molecule has 7 heteroatoms. The molecule has 0 aliphatic carbocycles. The zero-order valence-corrected chi connectivity index (χ0v) is 16.5. The van der Waals surface area contributed by atoms with Crippen LogP contribution in [0.5, 0.6) is 11.5 Å². The van der Waals surface area contributed by atoms with E-state index in [1.807, 2.05) is 38.1 Å². The van der Waals surface area contributed by atoms with E-state index in [1.165, 1.54) is 7.11 Å². The number of likely N-dealkylation sites (N-methyl/N-ethyl adjacent to an activating group) is 1. The van der Waals surface area contributed by atoms with Crippen molar-refractivity contribution in [3.05, 3.63) is 64.9 Å². The Kier molecular flexibility index (Phi) is 6.29. The molecule has 3 rings (SSSR count). The topological polar surface area (TPSA) is 86.2 Å². The van der Waals surface area contributed by atoms with Gasteiger partial charge in [-0.05, 0) is 49.2 Å². The summed E-state index contributed by atoms with van der Waals surface area (Å²) in [6.07, 6.45) is 1.61. The molecule has 150 valence electrons. The number of methoxy groups -OCH3 is 1. The van der Waals surface area contributed by atoms with Gasteiger partial charge in [0.05, 0.1) is 7.11 Å². The summed E-state index contributed by atoms with van der Waals surface area (Å²) in [7, 11) is 1.50. The normalized spacial score (nSPS) is 14.4. The number of hydrogen-bond acceptors (Lipinski definition) is 6. The highest BCUT2D eigenvalue weighted by molar-refractivity contribution is 6.13. The van der Waals surface area contributed by atoms with E-state index in [4.69, 9.17) is 14.2 Å². The number of cyclic esters (lactones) is 1. The maximum absolute atomic E-state index is 12.2. The van der Waals surface area contributed by atoms with Crippen LogP contribution in [0.25, 0.3) is 6.08 Å². The van der Waals surface area contributed by atoms with Gasteiger partial charge in [-0.3, -0.25) is 4.79 Å². The zero-order valence-electron chi connectivity index (χ0n) is 16.5. The molecule has 2 aromatic rings. The van der Waals surface area contributed by atoms with E-state index in [0.29, 0.717) is 23.6 Å². The first-order valence-electron chi connectivity index (χ1n) is 9.18. The van der Waals surface area contributed by atoms with Crippen LogP contribution in [0, 0.1) is 6.92 Å². The fraction of sp³-hybridized carbons (Fsp3) is 0.227. The van der Waals surface area contributed by atoms with Crippen LogP contribution in [0.15, 0.2) is 53.2 Å². The second kappa shape index (κ2) is 9.05. The van der Waals surface area contributed by atoms with Gasteiger partial charge in [0, 0.05) is 12.1 Å². The number of ether oxygens (including phenoxy) is 3. The van der Waals surface area contributed by atoms with E-state index in [0.717, 1.165) is 11.1 Å². The Balaban J connectivity index is 1.81. The number of esters is 1. The zero-order chi connectivity index (χ0) is 20.8. The lowest BCUT2D eigenvalue weighted by atomic mass is 10.1. The van der Waals surface area contributed by atoms with Crippen molar-refractivity contribution in [2.75, 3.05) is 20.3 Å². The smallest absolute Gasteiger partial charge is 0.363 e. The first-order chi connectivity index (χ1) is 14.0. The first-order valence-corrected chi connectivity index (χ1v) is 9.18. The van der Waals surface area contributed by atoms with Gasteiger partial charge in [-0.15, -0.1) is 0 Å². The molecule has 0 radical (unpaired) electrons. The quantitative estimate of drug-likeness (QED) is 0.576. The van der Waals surface area contributed by atoms with Crippen LogP contribution in [0.3, 0.4) is 0 Å². The van der Waals surface area contributed by atoms with Crippen LogP contribution in [0.1, 0.15) is 23.6 Å². The molecule has 0 unspecified atom stereocenters. The second-order valence-corrected chi connectivity index (χ2v) is 6.30. The summed E-state index contributed by atoms with van der Waals surface area (Å²) in [6, 6.07) is 12.7. The highest BCUT2D eigenvalue weighted by Gasteiger charge is 2.25. The third kappa shape index (κ3) is 4.82. The summed E-state index contributed by atoms with van der Waals surface area (Å²) in [5.74, 6) is 0.427. The number of hydrogen-bond donors (Lipinski definition) is 1. The Morgan fingerprint density at radius 3 is 2.72 bits per heavy atom. The molecule has 0 bridgehead atoms. The number of nitrogens with one attached hydrogen (secondary N) is 1. The van der Waals surface area contributed by atoms with Crippen molar-refractivity contribution in [1.82, 2.24) is 5.32 Å². The fourth-order valence-electron chi connectivity index (χ4n) is 2.78. The summed E-state index contributed by atoms with van der Waals surface area (Å²) in [6.45, 7) is 4.19. The molecule has 7 nitrogen and oxygen atoms in total. The summed E-state index contributed by atoms with van der Waals surface area (Å²) in [4.78, 5) is 28.1. The van der Waals surface area contributed by atoms with Gasteiger partial charge in [-0.1, -0.05) is 24.3 Å². The van der Waals surface area contributed by atoms with Crippen molar-refractivity contribution in [2.24, 2.45) is 4.99 Å². The first kappa shape index (κ1) is 20.1. The minimum Gasteiger partial charge on any atom is -0.493 e. The van der Waals surface area contributed by atoms with Crippen LogP contribution in [0.2, 0.25) is 0 Å². The lowest BCUT2D eigenvalue weighted by Crippen LogP contribution is -2.28. The van der Waals surface area contributed by atoms with Gasteiger partial charge in [-0.25, -0.2) is 9.79 Å². The Labute approximate surface area is 169 Å². The Bertz CT molecular complexity index is 994. The number of amides is 1. The number of aryl methyl sites for hydroxylation is 1. The number of rotatable bonds is 7. The number of carbonyl (C=O) groups excluding carboxylic acids is 2. The van der Waals surface area contributed by atoms with Crippen molar-refractivity contribution < 1.29 is 23.8 Å². The van der Waals surface area contributed by atoms with E-state index in [9.17, 15) is 9.59 Å². The predicted octanol–water partition coefficient (Wildman–Crippen LogP) is 2.86. The maximum atomic E-state index is 12.2. The van der Waals surface area contributed by atoms with Crippen molar-refractivity contribution >= 4 is 23.9 Å². The molecular weight excluding hydrogens is 372 g/mol. The van der Waals surface area contributed by atoms with Crippen molar-refractivity contribution in [1.29, 1.82) is 0 Å². The lowest BCUT2D eigenvalue weighted by Gasteiger charge is -2.11. The molecule has 29 heavy (non-hydrogen) atoms. The highest BCUT2D eigenvalue weighted by atomic mass is 16.6. The van der Waals surface area contributed by atoms with Gasteiger partial charge >= 0.3 is 5.97 Å². The summed E-state index contributed by atoms with van der Waals surface area (Å²) in [5.41, 5.74) is 2.63. The molecule has 1 amide bonds. The average molecular weight is 394 g/mol. The van der Waals surface area contributed by atoms with Crippen molar-refractivity contribution in [3.63, 3.8) is 0 Å². The second-order valence-electron chi connectivity index (χ2n) is 6.30. The van der Waals surface area contributed by atoms with E-state index >= 15 is 0 Å². The molecule has 2 aromatic carbocycles. The molecule has 0 aromatic heterocycles. The molecule has 0 fully saturated rings. The monoisotopic (exact) mass is 394 g/mol. The summed E-state index contributed by atoms with van der Waals surface area (Å²) < 4.78 is 16.2. The average Bonchev–Trinajstić information content (AvgIpc) is 3.07. The molecule has 1 heterocycles. The van der Waals surface area contributed by atoms with Gasteiger partial charge in [0.1, 0.15) is 0 Å². The van der Waals surface area contributed by atoms with Gasteiger partial charge < -0.3 is 19.5 Å². The summed E-state index contributed by atoms with van der Waals surface area (Å²) >= 11 is 0. The van der Waals surface area contributed by atoms with Crippen LogP contribution in [-0.2, 0) is 14.3 Å². The molecular formula is C22H22N2O5. The Hall–Kier alpha value is -3.61. The van der Waals surface area contributed by atoms with E-state index in [-0.39, 0.29) is 24.1 Å². The lowest BCUT2D eigenvalue weighted by molar-refractivity contribution is -0.130. The third-order valence-electron chi connectivity index (χ3n) is 4.22. The Morgan fingerprint density at radius 2 is 2.00 bits per heavy atom. The number of nitrogens with zero attached hydrogens (tertiary/aromatic N) is 1. The van der Waals surface area contributed by atoms with Crippen LogP contribution in [0.4, 0.5) is 0 Å². The van der Waals surface area contributed by atoms with Crippen molar-refractivity contribution in [2.45, 2.75) is 13.8 Å². The van der Waals surface area contributed by atoms with E-state index in [1.54, 1.807) is 24.3 Å². The van der Waals surface area contributed by atoms with Crippen LogP contribution >= 0.6 is 0 Å². The van der Waals surface area contributed by atoms with Gasteiger partial charge in [0.15, 0.2) is 23.8 Å². The SMILES string of the molecule is CCNC(=O)COc1ccc(C=C2N=C(c3ccccc3C)OC2=O)cc1OC. The molecule has 1 aliphatic rings. The number of aliphatic imine (C=N–C) groups is 1. The van der Waals surface area contributed by atoms with Crippen molar-refractivity contribution in [3.8, 4) is 11.5 Å². The van der Waals surface area contributed by atoms with E-state index < -0.39 is 5.97 Å².